The van der Waals surface area contributed by atoms with Crippen LogP contribution >= 0.6 is 0 Å². The summed E-state index contributed by atoms with van der Waals surface area (Å²) in [5.74, 6) is 0.363. The molecule has 0 spiro atoms. The first-order valence-corrected chi connectivity index (χ1v) is 9.07. The highest BCUT2D eigenvalue weighted by atomic mass is 16.5. The van der Waals surface area contributed by atoms with Crippen LogP contribution in [0, 0.1) is 0 Å². The molecule has 0 fully saturated rings. The molecule has 29 heavy (non-hydrogen) atoms. The molecule has 2 amide bonds. The van der Waals surface area contributed by atoms with Gasteiger partial charge in [-0.2, -0.15) is 0 Å². The monoisotopic (exact) mass is 390 g/mol. The van der Waals surface area contributed by atoms with Crippen LogP contribution in [-0.4, -0.2) is 26.0 Å². The Labute approximate surface area is 169 Å². The van der Waals surface area contributed by atoms with E-state index in [1.807, 2.05) is 36.4 Å². The molecule has 0 radical (unpaired) electrons. The first-order valence-electron chi connectivity index (χ1n) is 9.07. The minimum atomic E-state index is -0.292. The highest BCUT2D eigenvalue weighted by Crippen LogP contribution is 2.30. The number of rotatable bonds is 7. The van der Waals surface area contributed by atoms with E-state index < -0.39 is 0 Å². The van der Waals surface area contributed by atoms with Crippen molar-refractivity contribution in [2.24, 2.45) is 0 Å². The van der Waals surface area contributed by atoms with Crippen LogP contribution in [0.1, 0.15) is 26.3 Å². The van der Waals surface area contributed by atoms with Crippen molar-refractivity contribution < 1.29 is 19.1 Å². The molecule has 0 saturated heterocycles. The van der Waals surface area contributed by atoms with Gasteiger partial charge in [-0.25, -0.2) is 0 Å². The van der Waals surface area contributed by atoms with Crippen LogP contribution in [-0.2, 0) is 6.54 Å². The molecule has 148 valence electrons. The van der Waals surface area contributed by atoms with Crippen LogP contribution in [0.5, 0.6) is 11.5 Å². The Morgan fingerprint density at radius 3 is 2.31 bits per heavy atom. The van der Waals surface area contributed by atoms with Gasteiger partial charge in [0.1, 0.15) is 0 Å². The molecule has 2 N–H and O–H groups in total. The lowest BCUT2D eigenvalue weighted by Crippen LogP contribution is -2.23. The molecular weight excluding hydrogens is 368 g/mol. The Bertz CT molecular complexity index is 1000. The number of ether oxygens (including phenoxy) is 2. The first kappa shape index (κ1) is 19.9. The number of carbonyl (C=O) groups excluding carboxylic acids is 2. The number of benzene rings is 3. The summed E-state index contributed by atoms with van der Waals surface area (Å²) in [5, 5.41) is 5.70. The number of para-hydroxylation sites is 2. The maximum absolute atomic E-state index is 12.6. The van der Waals surface area contributed by atoms with E-state index in [-0.39, 0.29) is 18.4 Å². The molecule has 0 bridgehead atoms. The second-order valence-electron chi connectivity index (χ2n) is 6.24. The van der Waals surface area contributed by atoms with Crippen LogP contribution in [0.4, 0.5) is 5.69 Å². The quantitative estimate of drug-likeness (QED) is 0.642. The van der Waals surface area contributed by atoms with E-state index in [1.54, 1.807) is 36.4 Å². The fourth-order valence-corrected chi connectivity index (χ4v) is 2.89. The van der Waals surface area contributed by atoms with Crippen LogP contribution in [0.3, 0.4) is 0 Å². The van der Waals surface area contributed by atoms with E-state index >= 15 is 0 Å². The van der Waals surface area contributed by atoms with Crippen molar-refractivity contribution in [1.82, 2.24) is 5.32 Å². The van der Waals surface area contributed by atoms with E-state index in [0.717, 1.165) is 11.3 Å². The van der Waals surface area contributed by atoms with Crippen molar-refractivity contribution in [3.05, 3.63) is 89.5 Å². The summed E-state index contributed by atoms with van der Waals surface area (Å²) >= 11 is 0. The third kappa shape index (κ3) is 4.93. The van der Waals surface area contributed by atoms with Gasteiger partial charge in [0.25, 0.3) is 11.8 Å². The molecule has 0 heterocycles. The van der Waals surface area contributed by atoms with Crippen LogP contribution < -0.4 is 20.1 Å². The molecule has 3 aromatic rings. The van der Waals surface area contributed by atoms with Gasteiger partial charge in [-0.3, -0.25) is 9.59 Å². The van der Waals surface area contributed by atoms with Crippen molar-refractivity contribution in [2.45, 2.75) is 6.54 Å². The number of amides is 2. The van der Waals surface area contributed by atoms with Crippen LogP contribution in [0.2, 0.25) is 0 Å². The van der Waals surface area contributed by atoms with E-state index in [1.165, 1.54) is 14.2 Å². The number of nitrogens with one attached hydrogen (secondary N) is 2. The van der Waals surface area contributed by atoms with Crippen LogP contribution in [0.15, 0.2) is 72.8 Å². The molecule has 3 aromatic carbocycles. The molecule has 0 atom stereocenters. The van der Waals surface area contributed by atoms with Gasteiger partial charge < -0.3 is 20.1 Å². The van der Waals surface area contributed by atoms with Gasteiger partial charge in [0, 0.05) is 17.8 Å². The summed E-state index contributed by atoms with van der Waals surface area (Å²) in [6.07, 6.45) is 0. The number of hydrogen-bond donors (Lipinski definition) is 2. The van der Waals surface area contributed by atoms with Crippen molar-refractivity contribution in [3.8, 4) is 11.5 Å². The molecule has 0 unspecified atom stereocenters. The van der Waals surface area contributed by atoms with Gasteiger partial charge in [0.15, 0.2) is 11.5 Å². The minimum absolute atomic E-state index is 0.209. The third-order valence-electron chi connectivity index (χ3n) is 4.32. The lowest BCUT2D eigenvalue weighted by Gasteiger charge is -2.13. The number of hydrogen-bond acceptors (Lipinski definition) is 4. The Morgan fingerprint density at radius 1 is 0.828 bits per heavy atom. The summed E-state index contributed by atoms with van der Waals surface area (Å²) < 4.78 is 10.5. The molecule has 0 saturated carbocycles. The molecule has 3 rings (SSSR count). The van der Waals surface area contributed by atoms with E-state index in [4.69, 9.17) is 9.47 Å². The van der Waals surface area contributed by atoms with Crippen LogP contribution in [0.25, 0.3) is 0 Å². The Morgan fingerprint density at radius 2 is 1.59 bits per heavy atom. The minimum Gasteiger partial charge on any atom is -0.493 e. The zero-order valence-corrected chi connectivity index (χ0v) is 16.3. The van der Waals surface area contributed by atoms with E-state index in [2.05, 4.69) is 10.6 Å². The Hall–Kier alpha value is -3.80. The lowest BCUT2D eigenvalue weighted by molar-refractivity contribution is 0.0946. The molecule has 0 aliphatic carbocycles. The Kier molecular flexibility index (Phi) is 6.47. The fourth-order valence-electron chi connectivity index (χ4n) is 2.89. The average Bonchev–Trinajstić information content (AvgIpc) is 2.77. The maximum atomic E-state index is 12.6. The number of carbonyl (C=O) groups is 2. The number of anilines is 1. The van der Waals surface area contributed by atoms with Gasteiger partial charge >= 0.3 is 0 Å². The van der Waals surface area contributed by atoms with Gasteiger partial charge in [-0.05, 0) is 42.0 Å². The van der Waals surface area contributed by atoms with Gasteiger partial charge in [-0.1, -0.05) is 36.4 Å². The zero-order valence-electron chi connectivity index (χ0n) is 16.3. The summed E-state index contributed by atoms with van der Waals surface area (Å²) in [5.41, 5.74) is 2.42. The summed E-state index contributed by atoms with van der Waals surface area (Å²) in [6.45, 7) is 0.269. The largest absolute Gasteiger partial charge is 0.493 e. The fraction of sp³-hybridized carbons (Fsp3) is 0.130. The second kappa shape index (κ2) is 9.41. The van der Waals surface area contributed by atoms with Crippen molar-refractivity contribution >= 4 is 17.5 Å². The van der Waals surface area contributed by atoms with Crippen molar-refractivity contribution in [3.63, 3.8) is 0 Å². The van der Waals surface area contributed by atoms with E-state index in [0.29, 0.717) is 22.6 Å². The summed E-state index contributed by atoms with van der Waals surface area (Å²) in [4.78, 5) is 25.1. The predicted molar refractivity (Wildman–Crippen MR) is 112 cm³/mol. The SMILES string of the molecule is COc1cccc(C(=O)NCc2cccc(C(=O)Nc3ccccc3)c2)c1OC. The highest BCUT2D eigenvalue weighted by molar-refractivity contribution is 6.04. The first-order chi connectivity index (χ1) is 14.1. The van der Waals surface area contributed by atoms with Crippen molar-refractivity contribution in [2.75, 3.05) is 19.5 Å². The van der Waals surface area contributed by atoms with Gasteiger partial charge in [-0.15, -0.1) is 0 Å². The molecular formula is C23H22N2O4. The number of methoxy groups -OCH3 is 2. The van der Waals surface area contributed by atoms with Crippen molar-refractivity contribution in [1.29, 1.82) is 0 Å². The standard InChI is InChI=1S/C23H22N2O4/c1-28-20-13-7-12-19(21(20)29-2)23(27)24-15-16-8-6-9-17(14-16)22(26)25-18-10-4-3-5-11-18/h3-14H,15H2,1-2H3,(H,24,27)(H,25,26). The highest BCUT2D eigenvalue weighted by Gasteiger charge is 2.16. The lowest BCUT2D eigenvalue weighted by atomic mass is 10.1. The molecule has 0 aliphatic rings. The molecule has 6 heteroatoms. The van der Waals surface area contributed by atoms with E-state index in [9.17, 15) is 9.59 Å². The second-order valence-corrected chi connectivity index (χ2v) is 6.24. The molecule has 6 nitrogen and oxygen atoms in total. The smallest absolute Gasteiger partial charge is 0.255 e. The molecule has 0 aromatic heterocycles. The third-order valence-corrected chi connectivity index (χ3v) is 4.32. The normalized spacial score (nSPS) is 10.1. The maximum Gasteiger partial charge on any atom is 0.255 e. The average molecular weight is 390 g/mol. The predicted octanol–water partition coefficient (Wildman–Crippen LogP) is 3.89. The summed E-state index contributed by atoms with van der Waals surface area (Å²) in [6, 6.07) is 21.5. The Balaban J connectivity index is 1.68. The van der Waals surface area contributed by atoms with Gasteiger partial charge in [0.2, 0.25) is 0 Å². The topological polar surface area (TPSA) is 76.7 Å². The van der Waals surface area contributed by atoms with Gasteiger partial charge in [0.05, 0.1) is 19.8 Å². The summed E-state index contributed by atoms with van der Waals surface area (Å²) in [7, 11) is 3.01. The zero-order chi connectivity index (χ0) is 20.6. The molecule has 0 aliphatic heterocycles.